The zero-order valence-electron chi connectivity index (χ0n) is 18.5. The van der Waals surface area contributed by atoms with Gasteiger partial charge in [-0.3, -0.25) is 4.57 Å². The molecule has 0 radical (unpaired) electrons. The van der Waals surface area contributed by atoms with Crippen LogP contribution in [0.2, 0.25) is 15.3 Å². The van der Waals surface area contributed by atoms with E-state index in [1.54, 1.807) is 12.1 Å². The highest BCUT2D eigenvalue weighted by molar-refractivity contribution is 6.42. The van der Waals surface area contributed by atoms with Crippen LogP contribution in [-0.2, 0) is 27.4 Å². The summed E-state index contributed by atoms with van der Waals surface area (Å²) in [5.41, 5.74) is 2.95. The Labute approximate surface area is 217 Å². The van der Waals surface area contributed by atoms with Gasteiger partial charge in [0.05, 0.1) is 40.9 Å². The first-order valence-electron chi connectivity index (χ1n) is 11.1. The van der Waals surface area contributed by atoms with Gasteiger partial charge in [0.2, 0.25) is 5.28 Å². The first kappa shape index (κ1) is 24.5. The third-order valence-corrected chi connectivity index (χ3v) is 6.88. The van der Waals surface area contributed by atoms with E-state index in [2.05, 4.69) is 4.98 Å². The average Bonchev–Trinajstić information content (AvgIpc) is 3.34. The van der Waals surface area contributed by atoms with Crippen LogP contribution in [0.5, 0.6) is 0 Å². The molecule has 5 nitrogen and oxygen atoms in total. The van der Waals surface area contributed by atoms with Gasteiger partial charge in [-0.1, -0.05) is 83.9 Å². The zero-order valence-corrected chi connectivity index (χ0v) is 20.8. The molecule has 4 atom stereocenters. The van der Waals surface area contributed by atoms with Crippen molar-refractivity contribution in [3.05, 3.63) is 99.3 Å². The maximum Gasteiger partial charge on any atom is 0.206 e. The Kier molecular flexibility index (Phi) is 7.58. The van der Waals surface area contributed by atoms with Crippen molar-refractivity contribution < 1.29 is 18.6 Å². The molecule has 2 heterocycles. The fraction of sp³-hybridized carbons (Fsp3) is 0.269. The summed E-state index contributed by atoms with van der Waals surface area (Å²) in [5.74, 6) is 0. The van der Waals surface area contributed by atoms with E-state index in [-0.39, 0.29) is 18.5 Å². The van der Waals surface area contributed by atoms with Crippen LogP contribution in [0.1, 0.15) is 17.4 Å². The van der Waals surface area contributed by atoms with E-state index in [1.165, 1.54) is 4.57 Å². The molecule has 5 rings (SSSR count). The molecule has 1 saturated heterocycles. The van der Waals surface area contributed by atoms with Crippen molar-refractivity contribution in [2.45, 2.75) is 37.8 Å². The summed E-state index contributed by atoms with van der Waals surface area (Å²) >= 11 is 18.8. The van der Waals surface area contributed by atoms with Crippen LogP contribution in [0, 0.1) is 0 Å². The van der Waals surface area contributed by atoms with E-state index >= 15 is 4.39 Å². The molecule has 35 heavy (non-hydrogen) atoms. The van der Waals surface area contributed by atoms with Crippen molar-refractivity contribution in [3.8, 4) is 0 Å². The number of hydrogen-bond acceptors (Lipinski definition) is 4. The molecule has 1 aliphatic heterocycles. The predicted molar refractivity (Wildman–Crippen MR) is 135 cm³/mol. The Balaban J connectivity index is 1.39. The van der Waals surface area contributed by atoms with Gasteiger partial charge >= 0.3 is 0 Å². The standard InChI is InChI=1S/C26H22Cl3FN2O3/c27-18-11-20-21(12-19(18)28)32(26(29)31-20)25-23(30)24(34-14-17-9-5-2-6-10-17)22(35-25)15-33-13-16-7-3-1-4-8-16/h1-12,22-25H,13-15H2/t22-,23+,24-,25-/m1/s1. The SMILES string of the molecule is F[C@H]1[C@H](OCc2ccccc2)[C@@H](COCc2ccccc2)O[C@H]1n1c(Cl)nc2cc(Cl)c(Cl)cc21. The highest BCUT2D eigenvalue weighted by Gasteiger charge is 2.48. The lowest BCUT2D eigenvalue weighted by atomic mass is 10.1. The molecule has 0 saturated carbocycles. The molecule has 0 unspecified atom stereocenters. The Bertz CT molecular complexity index is 1290. The van der Waals surface area contributed by atoms with Crippen LogP contribution in [0.3, 0.4) is 0 Å². The van der Waals surface area contributed by atoms with E-state index in [9.17, 15) is 0 Å². The van der Waals surface area contributed by atoms with Crippen molar-refractivity contribution in [2.24, 2.45) is 0 Å². The highest BCUT2D eigenvalue weighted by Crippen LogP contribution is 2.40. The third-order valence-electron chi connectivity index (χ3n) is 5.89. The Morgan fingerprint density at radius 3 is 2.20 bits per heavy atom. The topological polar surface area (TPSA) is 45.5 Å². The minimum atomic E-state index is -1.53. The van der Waals surface area contributed by atoms with E-state index in [1.807, 2.05) is 60.7 Å². The quantitative estimate of drug-likeness (QED) is 0.243. The molecule has 4 aromatic rings. The van der Waals surface area contributed by atoms with Crippen LogP contribution < -0.4 is 0 Å². The monoisotopic (exact) mass is 534 g/mol. The summed E-state index contributed by atoms with van der Waals surface area (Å²) in [6.07, 6.45) is -4.16. The van der Waals surface area contributed by atoms with Gasteiger partial charge in [0.1, 0.15) is 12.2 Å². The zero-order chi connectivity index (χ0) is 24.4. The lowest BCUT2D eigenvalue weighted by molar-refractivity contribution is -0.0818. The second-order valence-electron chi connectivity index (χ2n) is 8.28. The number of nitrogens with zero attached hydrogens (tertiary/aromatic N) is 2. The molecule has 182 valence electrons. The summed E-state index contributed by atoms with van der Waals surface area (Å²) < 4.78 is 35.5. The number of fused-ring (bicyclic) bond motifs is 1. The Morgan fingerprint density at radius 2 is 1.51 bits per heavy atom. The maximum atomic E-state index is 15.9. The number of alkyl halides is 1. The molecule has 9 heteroatoms. The van der Waals surface area contributed by atoms with Crippen LogP contribution in [0.4, 0.5) is 4.39 Å². The number of rotatable bonds is 8. The van der Waals surface area contributed by atoms with Crippen LogP contribution in [0.15, 0.2) is 72.8 Å². The van der Waals surface area contributed by atoms with E-state index in [4.69, 9.17) is 49.0 Å². The smallest absolute Gasteiger partial charge is 0.206 e. The minimum absolute atomic E-state index is 0.0682. The van der Waals surface area contributed by atoms with Crippen LogP contribution in [-0.4, -0.2) is 34.5 Å². The summed E-state index contributed by atoms with van der Waals surface area (Å²) in [5, 5.41) is 0.713. The molecule has 3 aromatic carbocycles. The van der Waals surface area contributed by atoms with Gasteiger partial charge in [-0.05, 0) is 34.9 Å². The maximum absolute atomic E-state index is 15.9. The Hall–Kier alpha value is -2.19. The third kappa shape index (κ3) is 5.33. The average molecular weight is 536 g/mol. The molecule has 1 aliphatic rings. The second kappa shape index (κ2) is 10.8. The van der Waals surface area contributed by atoms with Crippen LogP contribution in [0.25, 0.3) is 11.0 Å². The summed E-state index contributed by atoms with van der Waals surface area (Å²) in [4.78, 5) is 4.31. The highest BCUT2D eigenvalue weighted by atomic mass is 35.5. The van der Waals surface area contributed by atoms with Gasteiger partial charge < -0.3 is 14.2 Å². The largest absolute Gasteiger partial charge is 0.374 e. The van der Waals surface area contributed by atoms with Gasteiger partial charge in [0, 0.05) is 0 Å². The van der Waals surface area contributed by atoms with E-state index in [0.717, 1.165) is 11.1 Å². The molecular formula is C26H22Cl3FN2O3. The van der Waals surface area contributed by atoms with Gasteiger partial charge in [-0.15, -0.1) is 0 Å². The van der Waals surface area contributed by atoms with Gasteiger partial charge in [0.25, 0.3) is 0 Å². The molecule has 0 aliphatic carbocycles. The number of aromatic nitrogens is 2. The van der Waals surface area contributed by atoms with Gasteiger partial charge in [-0.25, -0.2) is 9.37 Å². The normalized spacial score (nSPS) is 22.2. The van der Waals surface area contributed by atoms with E-state index < -0.39 is 24.6 Å². The molecule has 0 N–H and O–H groups in total. The Morgan fingerprint density at radius 1 is 0.886 bits per heavy atom. The van der Waals surface area contributed by atoms with Crippen molar-refractivity contribution >= 4 is 45.8 Å². The molecule has 0 bridgehead atoms. The summed E-state index contributed by atoms with van der Waals surface area (Å²) in [6.45, 7) is 0.746. The number of halogens is 4. The first-order valence-corrected chi connectivity index (χ1v) is 12.2. The van der Waals surface area contributed by atoms with Crippen molar-refractivity contribution in [1.29, 1.82) is 0 Å². The number of benzene rings is 3. The van der Waals surface area contributed by atoms with Crippen molar-refractivity contribution in [2.75, 3.05) is 6.61 Å². The molecule has 0 amide bonds. The van der Waals surface area contributed by atoms with Gasteiger partial charge in [-0.2, -0.15) is 0 Å². The number of ether oxygens (including phenoxy) is 3. The fourth-order valence-corrected chi connectivity index (χ4v) is 4.77. The molecular weight excluding hydrogens is 514 g/mol. The summed E-state index contributed by atoms with van der Waals surface area (Å²) in [6, 6.07) is 22.5. The van der Waals surface area contributed by atoms with Crippen molar-refractivity contribution in [3.63, 3.8) is 0 Å². The molecule has 0 spiro atoms. The van der Waals surface area contributed by atoms with E-state index in [0.29, 0.717) is 27.7 Å². The van der Waals surface area contributed by atoms with Gasteiger partial charge in [0.15, 0.2) is 12.4 Å². The van der Waals surface area contributed by atoms with Crippen LogP contribution >= 0.6 is 34.8 Å². The predicted octanol–water partition coefficient (Wildman–Crippen LogP) is 7.03. The fourth-order valence-electron chi connectivity index (χ4n) is 4.17. The number of hydrogen-bond donors (Lipinski definition) is 0. The second-order valence-corrected chi connectivity index (χ2v) is 9.43. The van der Waals surface area contributed by atoms with Crippen molar-refractivity contribution in [1.82, 2.24) is 9.55 Å². The minimum Gasteiger partial charge on any atom is -0.374 e. The summed E-state index contributed by atoms with van der Waals surface area (Å²) in [7, 11) is 0. The molecule has 1 fully saturated rings. The lowest BCUT2D eigenvalue weighted by Gasteiger charge is -2.20. The molecule has 1 aromatic heterocycles. The number of imidazole rings is 1. The first-order chi connectivity index (χ1) is 17.0. The lowest BCUT2D eigenvalue weighted by Crippen LogP contribution is -2.34.